The minimum atomic E-state index is 0.216. The molecule has 2 rings (SSSR count). The van der Waals surface area contributed by atoms with Crippen molar-refractivity contribution in [2.75, 3.05) is 19.0 Å². The number of aromatic nitrogens is 1. The highest BCUT2D eigenvalue weighted by Crippen LogP contribution is 2.58. The van der Waals surface area contributed by atoms with Gasteiger partial charge in [0.2, 0.25) is 0 Å². The molecule has 1 aromatic heterocycles. The van der Waals surface area contributed by atoms with Gasteiger partial charge in [0.05, 0.1) is 0 Å². The fraction of sp³-hybridized carbons (Fsp3) is 0.583. The van der Waals surface area contributed by atoms with Crippen molar-refractivity contribution in [3.05, 3.63) is 23.9 Å². The van der Waals surface area contributed by atoms with Gasteiger partial charge in [0.1, 0.15) is 5.82 Å². The van der Waals surface area contributed by atoms with Crippen LogP contribution in [-0.2, 0) is 0 Å². The molecule has 1 saturated carbocycles. The SMILES string of the molecule is CN(C)c1ncccc1C1C(N)C1(C)C. The van der Waals surface area contributed by atoms with Gasteiger partial charge in [-0.05, 0) is 17.0 Å². The molecular formula is C12H19N3. The van der Waals surface area contributed by atoms with E-state index in [1.165, 1.54) is 5.56 Å². The van der Waals surface area contributed by atoms with E-state index < -0.39 is 0 Å². The summed E-state index contributed by atoms with van der Waals surface area (Å²) in [5.74, 6) is 1.49. The summed E-state index contributed by atoms with van der Waals surface area (Å²) in [5.41, 5.74) is 7.59. The Morgan fingerprint density at radius 3 is 2.47 bits per heavy atom. The number of nitrogens with two attached hydrogens (primary N) is 1. The first-order valence-corrected chi connectivity index (χ1v) is 5.34. The van der Waals surface area contributed by atoms with Crippen LogP contribution in [0.1, 0.15) is 25.3 Å². The summed E-state index contributed by atoms with van der Waals surface area (Å²) in [6.45, 7) is 4.43. The van der Waals surface area contributed by atoms with Crippen LogP contribution >= 0.6 is 0 Å². The highest BCUT2D eigenvalue weighted by Gasteiger charge is 2.57. The van der Waals surface area contributed by atoms with E-state index in [2.05, 4.69) is 29.8 Å². The zero-order valence-corrected chi connectivity index (χ0v) is 9.86. The van der Waals surface area contributed by atoms with E-state index in [9.17, 15) is 0 Å². The summed E-state index contributed by atoms with van der Waals surface area (Å²) in [5, 5.41) is 0. The summed E-state index contributed by atoms with van der Waals surface area (Å²) >= 11 is 0. The lowest BCUT2D eigenvalue weighted by molar-refractivity contribution is 0.598. The summed E-state index contributed by atoms with van der Waals surface area (Å²) in [6.07, 6.45) is 1.83. The molecule has 0 radical (unpaired) electrons. The van der Waals surface area contributed by atoms with Gasteiger partial charge in [-0.1, -0.05) is 19.9 Å². The van der Waals surface area contributed by atoms with Crippen LogP contribution in [0.2, 0.25) is 0 Å². The third-order valence-electron chi connectivity index (χ3n) is 3.49. The Labute approximate surface area is 91.3 Å². The molecule has 0 spiro atoms. The van der Waals surface area contributed by atoms with Crippen LogP contribution in [-0.4, -0.2) is 25.1 Å². The van der Waals surface area contributed by atoms with Crippen molar-refractivity contribution in [3.8, 4) is 0 Å². The molecular weight excluding hydrogens is 186 g/mol. The maximum atomic E-state index is 6.10. The second-order valence-corrected chi connectivity index (χ2v) is 5.14. The first-order chi connectivity index (χ1) is 6.96. The van der Waals surface area contributed by atoms with E-state index in [0.29, 0.717) is 5.92 Å². The highest BCUT2D eigenvalue weighted by molar-refractivity contribution is 5.52. The zero-order chi connectivity index (χ0) is 11.2. The summed E-state index contributed by atoms with van der Waals surface area (Å²) < 4.78 is 0. The van der Waals surface area contributed by atoms with Crippen molar-refractivity contribution >= 4 is 5.82 Å². The van der Waals surface area contributed by atoms with Gasteiger partial charge in [-0.2, -0.15) is 0 Å². The molecule has 0 saturated heterocycles. The molecule has 82 valence electrons. The number of rotatable bonds is 2. The van der Waals surface area contributed by atoms with Gasteiger partial charge < -0.3 is 10.6 Å². The number of hydrogen-bond acceptors (Lipinski definition) is 3. The monoisotopic (exact) mass is 205 g/mol. The zero-order valence-electron chi connectivity index (χ0n) is 9.86. The predicted molar refractivity (Wildman–Crippen MR) is 63.1 cm³/mol. The molecule has 0 bridgehead atoms. The van der Waals surface area contributed by atoms with Crippen molar-refractivity contribution in [2.45, 2.75) is 25.8 Å². The van der Waals surface area contributed by atoms with Gasteiger partial charge in [-0.3, -0.25) is 0 Å². The summed E-state index contributed by atoms with van der Waals surface area (Å²) in [7, 11) is 4.04. The maximum absolute atomic E-state index is 6.10. The molecule has 0 aromatic carbocycles. The van der Waals surface area contributed by atoms with Gasteiger partial charge in [-0.15, -0.1) is 0 Å². The van der Waals surface area contributed by atoms with Gasteiger partial charge in [0, 0.05) is 32.3 Å². The second kappa shape index (κ2) is 3.20. The Morgan fingerprint density at radius 1 is 1.40 bits per heavy atom. The van der Waals surface area contributed by atoms with Gasteiger partial charge in [-0.25, -0.2) is 4.98 Å². The fourth-order valence-electron chi connectivity index (χ4n) is 2.30. The molecule has 0 aliphatic heterocycles. The molecule has 15 heavy (non-hydrogen) atoms. The molecule has 3 nitrogen and oxygen atoms in total. The Kier molecular flexibility index (Phi) is 2.23. The molecule has 0 amide bonds. The van der Waals surface area contributed by atoms with Crippen LogP contribution in [0, 0.1) is 5.41 Å². The normalized spacial score (nSPS) is 27.5. The molecule has 1 fully saturated rings. The van der Waals surface area contributed by atoms with Crippen molar-refractivity contribution in [1.29, 1.82) is 0 Å². The van der Waals surface area contributed by atoms with E-state index in [1.807, 2.05) is 26.4 Å². The third kappa shape index (κ3) is 1.51. The Bertz CT molecular complexity index is 371. The minimum absolute atomic E-state index is 0.216. The van der Waals surface area contributed by atoms with Crippen LogP contribution in [0.5, 0.6) is 0 Å². The van der Waals surface area contributed by atoms with Crippen LogP contribution < -0.4 is 10.6 Å². The van der Waals surface area contributed by atoms with E-state index in [0.717, 1.165) is 5.82 Å². The van der Waals surface area contributed by atoms with Crippen LogP contribution in [0.15, 0.2) is 18.3 Å². The van der Waals surface area contributed by atoms with Gasteiger partial charge in [0.15, 0.2) is 0 Å². The van der Waals surface area contributed by atoms with Crippen molar-refractivity contribution in [1.82, 2.24) is 4.98 Å². The first kappa shape index (κ1) is 10.4. The van der Waals surface area contributed by atoms with Crippen molar-refractivity contribution in [2.24, 2.45) is 11.1 Å². The Balaban J connectivity index is 2.38. The number of nitrogens with zero attached hydrogens (tertiary/aromatic N) is 2. The molecule has 1 aliphatic carbocycles. The van der Waals surface area contributed by atoms with E-state index in [4.69, 9.17) is 5.73 Å². The standard InChI is InChI=1S/C12H19N3/c1-12(2)9(10(12)13)8-6-5-7-14-11(8)15(3)4/h5-7,9-10H,13H2,1-4H3. The van der Waals surface area contributed by atoms with Gasteiger partial charge in [0.25, 0.3) is 0 Å². The lowest BCUT2D eigenvalue weighted by atomic mass is 10.0. The topological polar surface area (TPSA) is 42.2 Å². The molecule has 3 heteroatoms. The van der Waals surface area contributed by atoms with E-state index in [1.54, 1.807) is 0 Å². The first-order valence-electron chi connectivity index (χ1n) is 5.34. The molecule has 1 aliphatic rings. The number of hydrogen-bond donors (Lipinski definition) is 1. The predicted octanol–water partition coefficient (Wildman–Crippen LogP) is 1.60. The largest absolute Gasteiger partial charge is 0.363 e. The fourth-order valence-corrected chi connectivity index (χ4v) is 2.30. The van der Waals surface area contributed by atoms with Gasteiger partial charge >= 0.3 is 0 Å². The van der Waals surface area contributed by atoms with Crippen molar-refractivity contribution < 1.29 is 0 Å². The number of anilines is 1. The second-order valence-electron chi connectivity index (χ2n) is 5.14. The summed E-state index contributed by atoms with van der Waals surface area (Å²) in [4.78, 5) is 6.46. The third-order valence-corrected chi connectivity index (χ3v) is 3.49. The smallest absolute Gasteiger partial charge is 0.131 e. The molecule has 2 atom stereocenters. The molecule has 1 aromatic rings. The molecule has 2 N–H and O–H groups in total. The minimum Gasteiger partial charge on any atom is -0.363 e. The van der Waals surface area contributed by atoms with Crippen LogP contribution in [0.4, 0.5) is 5.82 Å². The lowest BCUT2D eigenvalue weighted by Crippen LogP contribution is -2.13. The summed E-state index contributed by atoms with van der Waals surface area (Å²) in [6, 6.07) is 4.39. The Hall–Kier alpha value is -1.09. The Morgan fingerprint density at radius 2 is 2.00 bits per heavy atom. The van der Waals surface area contributed by atoms with Crippen LogP contribution in [0.25, 0.3) is 0 Å². The average Bonchev–Trinajstić information content (AvgIpc) is 2.66. The highest BCUT2D eigenvalue weighted by atomic mass is 15.1. The average molecular weight is 205 g/mol. The van der Waals surface area contributed by atoms with E-state index >= 15 is 0 Å². The molecule has 1 heterocycles. The van der Waals surface area contributed by atoms with E-state index in [-0.39, 0.29) is 11.5 Å². The van der Waals surface area contributed by atoms with Crippen LogP contribution in [0.3, 0.4) is 0 Å². The maximum Gasteiger partial charge on any atom is 0.131 e. The lowest BCUT2D eigenvalue weighted by Gasteiger charge is -2.16. The quantitative estimate of drug-likeness (QED) is 0.797. The molecule has 2 unspecified atom stereocenters. The number of pyridine rings is 1. The van der Waals surface area contributed by atoms with Crippen molar-refractivity contribution in [3.63, 3.8) is 0 Å².